The minimum Gasteiger partial charge on any atom is -0.391 e. The van der Waals surface area contributed by atoms with E-state index in [1.807, 2.05) is 24.3 Å². The minimum absolute atomic E-state index is 0.0758. The van der Waals surface area contributed by atoms with Crippen molar-refractivity contribution in [2.75, 3.05) is 38.5 Å². The molecule has 0 spiro atoms. The molecule has 2 aromatic rings. The van der Waals surface area contributed by atoms with E-state index in [2.05, 4.69) is 40.5 Å². The monoisotopic (exact) mass is 343 g/mol. The molecule has 2 heterocycles. The van der Waals surface area contributed by atoms with Crippen LogP contribution in [0, 0.1) is 5.41 Å². The Kier molecular flexibility index (Phi) is 5.22. The lowest BCUT2D eigenvalue weighted by Gasteiger charge is -2.37. The van der Waals surface area contributed by atoms with Gasteiger partial charge in [0.15, 0.2) is 0 Å². The van der Waals surface area contributed by atoms with Crippen molar-refractivity contribution in [1.29, 1.82) is 0 Å². The van der Waals surface area contributed by atoms with Gasteiger partial charge in [-0.15, -0.1) is 0 Å². The van der Waals surface area contributed by atoms with E-state index in [-0.39, 0.29) is 11.5 Å². The van der Waals surface area contributed by atoms with Crippen LogP contribution >= 0.6 is 0 Å². The Morgan fingerprint density at radius 3 is 2.40 bits per heavy atom. The van der Waals surface area contributed by atoms with E-state index in [1.54, 1.807) is 0 Å². The maximum atomic E-state index is 10.3. The fourth-order valence-corrected chi connectivity index (χ4v) is 3.07. The van der Waals surface area contributed by atoms with Gasteiger partial charge < -0.3 is 10.8 Å². The van der Waals surface area contributed by atoms with Gasteiger partial charge >= 0.3 is 0 Å². The standard InChI is InChI=1S/C19H29N5O/c1-19(2,3)16(25)12-23-8-10-24(11-9-23)13-17-21-15-7-5-4-6-14(15)18(20)22-17/h4-7,16,25H,8-13H2,1-3H3,(H2,20,21,22)/t16-/m1/s1. The Hall–Kier alpha value is -1.76. The summed E-state index contributed by atoms with van der Waals surface area (Å²) in [5.41, 5.74) is 6.90. The largest absolute Gasteiger partial charge is 0.391 e. The van der Waals surface area contributed by atoms with E-state index in [1.165, 1.54) is 0 Å². The molecule has 1 fully saturated rings. The third kappa shape index (κ3) is 4.45. The topological polar surface area (TPSA) is 78.5 Å². The molecule has 0 unspecified atom stereocenters. The lowest BCUT2D eigenvalue weighted by atomic mass is 9.89. The first-order chi connectivity index (χ1) is 11.8. The van der Waals surface area contributed by atoms with E-state index in [9.17, 15) is 5.11 Å². The number of anilines is 1. The van der Waals surface area contributed by atoms with Crippen molar-refractivity contribution in [2.45, 2.75) is 33.4 Å². The second-order valence-corrected chi connectivity index (χ2v) is 8.00. The number of aliphatic hydroxyl groups excluding tert-OH is 1. The summed E-state index contributed by atoms with van der Waals surface area (Å²) in [6, 6.07) is 7.85. The zero-order chi connectivity index (χ0) is 18.0. The molecular weight excluding hydrogens is 314 g/mol. The molecule has 1 saturated heterocycles. The number of piperazine rings is 1. The summed E-state index contributed by atoms with van der Waals surface area (Å²) in [6.07, 6.45) is -0.303. The van der Waals surface area contributed by atoms with Gasteiger partial charge in [0.2, 0.25) is 0 Å². The van der Waals surface area contributed by atoms with E-state index in [4.69, 9.17) is 5.73 Å². The third-order valence-corrected chi connectivity index (χ3v) is 4.94. The van der Waals surface area contributed by atoms with Crippen LogP contribution in [-0.2, 0) is 6.54 Å². The molecule has 0 amide bonds. The highest BCUT2D eigenvalue weighted by molar-refractivity contribution is 5.87. The number of nitrogens with two attached hydrogens (primary N) is 1. The Labute approximate surface area is 149 Å². The first kappa shape index (κ1) is 18.0. The van der Waals surface area contributed by atoms with Gasteiger partial charge in [-0.05, 0) is 17.5 Å². The van der Waals surface area contributed by atoms with Crippen LogP contribution in [0.4, 0.5) is 5.82 Å². The highest BCUT2D eigenvalue weighted by Gasteiger charge is 2.26. The molecule has 0 bridgehead atoms. The second kappa shape index (κ2) is 7.23. The van der Waals surface area contributed by atoms with E-state index < -0.39 is 0 Å². The van der Waals surface area contributed by atoms with Crippen molar-refractivity contribution in [2.24, 2.45) is 5.41 Å². The Balaban J connectivity index is 1.57. The lowest BCUT2D eigenvalue weighted by Crippen LogP contribution is -2.50. The van der Waals surface area contributed by atoms with Crippen molar-refractivity contribution in [1.82, 2.24) is 19.8 Å². The van der Waals surface area contributed by atoms with Crippen LogP contribution in [0.2, 0.25) is 0 Å². The first-order valence-corrected chi connectivity index (χ1v) is 8.97. The smallest absolute Gasteiger partial charge is 0.145 e. The van der Waals surface area contributed by atoms with Crippen molar-refractivity contribution in [3.63, 3.8) is 0 Å². The number of β-amino-alcohol motifs (C(OH)–C–C–N with tert-alkyl or cyclic N) is 1. The van der Waals surface area contributed by atoms with Crippen molar-refractivity contribution in [3.8, 4) is 0 Å². The number of hydrogen-bond acceptors (Lipinski definition) is 6. The number of nitrogens with zero attached hydrogens (tertiary/aromatic N) is 4. The predicted molar refractivity (Wildman–Crippen MR) is 101 cm³/mol. The van der Waals surface area contributed by atoms with Crippen LogP contribution in [-0.4, -0.2) is 63.7 Å². The highest BCUT2D eigenvalue weighted by Crippen LogP contribution is 2.21. The molecule has 6 nitrogen and oxygen atoms in total. The number of hydrogen-bond donors (Lipinski definition) is 2. The van der Waals surface area contributed by atoms with Gasteiger partial charge in [-0.2, -0.15) is 0 Å². The van der Waals surface area contributed by atoms with E-state index >= 15 is 0 Å². The third-order valence-electron chi connectivity index (χ3n) is 4.94. The number of benzene rings is 1. The molecule has 0 radical (unpaired) electrons. The van der Waals surface area contributed by atoms with Crippen LogP contribution in [0.25, 0.3) is 10.9 Å². The summed E-state index contributed by atoms with van der Waals surface area (Å²) >= 11 is 0. The molecule has 0 saturated carbocycles. The summed E-state index contributed by atoms with van der Waals surface area (Å²) in [6.45, 7) is 11.5. The highest BCUT2D eigenvalue weighted by atomic mass is 16.3. The Morgan fingerprint density at radius 1 is 1.08 bits per heavy atom. The summed E-state index contributed by atoms with van der Waals surface area (Å²) < 4.78 is 0. The molecule has 136 valence electrons. The quantitative estimate of drug-likeness (QED) is 0.880. The van der Waals surface area contributed by atoms with Crippen LogP contribution < -0.4 is 5.73 Å². The summed E-state index contributed by atoms with van der Waals surface area (Å²) in [7, 11) is 0. The minimum atomic E-state index is -0.303. The Bertz CT molecular complexity index is 719. The average Bonchev–Trinajstić information content (AvgIpc) is 2.56. The normalized spacial score (nSPS) is 18.6. The molecule has 1 aliphatic heterocycles. The molecule has 0 aliphatic carbocycles. The molecule has 1 atom stereocenters. The van der Waals surface area contributed by atoms with Gasteiger partial charge in [-0.3, -0.25) is 9.80 Å². The molecule has 3 N–H and O–H groups in total. The Morgan fingerprint density at radius 2 is 1.72 bits per heavy atom. The molecule has 1 aromatic heterocycles. The van der Waals surface area contributed by atoms with E-state index in [0.29, 0.717) is 12.4 Å². The zero-order valence-electron chi connectivity index (χ0n) is 15.4. The lowest BCUT2D eigenvalue weighted by molar-refractivity contribution is 0.0123. The van der Waals surface area contributed by atoms with Crippen molar-refractivity contribution in [3.05, 3.63) is 30.1 Å². The number of aromatic nitrogens is 2. The zero-order valence-corrected chi connectivity index (χ0v) is 15.4. The number of aliphatic hydroxyl groups is 1. The van der Waals surface area contributed by atoms with Crippen LogP contribution in [0.1, 0.15) is 26.6 Å². The van der Waals surface area contributed by atoms with Crippen LogP contribution in [0.15, 0.2) is 24.3 Å². The predicted octanol–water partition coefficient (Wildman–Crippen LogP) is 1.74. The summed E-state index contributed by atoms with van der Waals surface area (Å²) in [5.74, 6) is 1.33. The number of fused-ring (bicyclic) bond motifs is 1. The van der Waals surface area contributed by atoms with Gasteiger partial charge in [-0.25, -0.2) is 9.97 Å². The van der Waals surface area contributed by atoms with Crippen LogP contribution in [0.3, 0.4) is 0 Å². The number of nitrogen functional groups attached to an aromatic ring is 1. The van der Waals surface area contributed by atoms with Crippen molar-refractivity contribution < 1.29 is 5.11 Å². The maximum absolute atomic E-state index is 10.3. The maximum Gasteiger partial charge on any atom is 0.145 e. The second-order valence-electron chi connectivity index (χ2n) is 8.00. The molecular formula is C19H29N5O. The fourth-order valence-electron chi connectivity index (χ4n) is 3.07. The molecule has 1 aliphatic rings. The fraction of sp³-hybridized carbons (Fsp3) is 0.579. The summed E-state index contributed by atoms with van der Waals surface area (Å²) in [4.78, 5) is 13.8. The molecule has 6 heteroatoms. The van der Waals surface area contributed by atoms with Crippen LogP contribution in [0.5, 0.6) is 0 Å². The molecule has 1 aromatic carbocycles. The van der Waals surface area contributed by atoms with E-state index in [0.717, 1.165) is 49.5 Å². The number of para-hydroxylation sites is 1. The van der Waals surface area contributed by atoms with Gasteiger partial charge in [0, 0.05) is 38.1 Å². The summed E-state index contributed by atoms with van der Waals surface area (Å²) in [5, 5.41) is 11.2. The van der Waals surface area contributed by atoms with Gasteiger partial charge in [-0.1, -0.05) is 32.9 Å². The van der Waals surface area contributed by atoms with Gasteiger partial charge in [0.25, 0.3) is 0 Å². The van der Waals surface area contributed by atoms with Gasteiger partial charge in [0.05, 0.1) is 18.2 Å². The molecule has 3 rings (SSSR count). The number of rotatable bonds is 4. The van der Waals surface area contributed by atoms with Gasteiger partial charge in [0.1, 0.15) is 11.6 Å². The molecule has 25 heavy (non-hydrogen) atoms. The average molecular weight is 343 g/mol. The first-order valence-electron chi connectivity index (χ1n) is 8.97. The SMILES string of the molecule is CC(C)(C)[C@H](O)CN1CCN(Cc2nc(N)c3ccccc3n2)CC1. The van der Waals surface area contributed by atoms with Crippen molar-refractivity contribution >= 4 is 16.7 Å².